The maximum Gasteiger partial charge on any atom is 0.312 e. The summed E-state index contributed by atoms with van der Waals surface area (Å²) in [5, 5.41) is 3.28. The van der Waals surface area contributed by atoms with E-state index < -0.39 is 0 Å². The highest BCUT2D eigenvalue weighted by Gasteiger charge is 2.42. The molecule has 1 N–H and O–H groups in total. The average Bonchev–Trinajstić information content (AvgIpc) is 2.75. The van der Waals surface area contributed by atoms with E-state index in [9.17, 15) is 9.59 Å². The Bertz CT molecular complexity index is 424. The van der Waals surface area contributed by atoms with Crippen molar-refractivity contribution in [3.63, 3.8) is 0 Å². The van der Waals surface area contributed by atoms with Gasteiger partial charge in [0.05, 0.1) is 17.7 Å². The first-order valence-corrected chi connectivity index (χ1v) is 7.45. The first kappa shape index (κ1) is 13.8. The predicted molar refractivity (Wildman–Crippen MR) is 73.1 cm³/mol. The van der Waals surface area contributed by atoms with Crippen LogP contribution in [0.15, 0.2) is 0 Å². The van der Waals surface area contributed by atoms with Gasteiger partial charge in [0.25, 0.3) is 0 Å². The largest absolute Gasteiger partial charge is 0.371 e. The van der Waals surface area contributed by atoms with E-state index in [1.165, 1.54) is 0 Å². The topological polar surface area (TPSA) is 61.9 Å². The Morgan fingerprint density at radius 2 is 2.15 bits per heavy atom. The molecule has 0 saturated carbocycles. The monoisotopic (exact) mass is 281 g/mol. The van der Waals surface area contributed by atoms with Crippen molar-refractivity contribution in [3.8, 4) is 0 Å². The van der Waals surface area contributed by atoms with Gasteiger partial charge in [-0.1, -0.05) is 0 Å². The van der Waals surface area contributed by atoms with Crippen molar-refractivity contribution in [1.29, 1.82) is 0 Å². The Balaban J connectivity index is 1.65. The van der Waals surface area contributed by atoms with Crippen LogP contribution in [0.3, 0.4) is 0 Å². The Kier molecular flexibility index (Phi) is 3.46. The molecule has 3 heterocycles. The van der Waals surface area contributed by atoms with Crippen molar-refractivity contribution in [1.82, 2.24) is 15.1 Å². The van der Waals surface area contributed by atoms with Crippen LogP contribution in [0.5, 0.6) is 0 Å². The summed E-state index contributed by atoms with van der Waals surface area (Å²) in [6.45, 7) is 7.49. The molecular formula is C14H23N3O3. The minimum absolute atomic E-state index is 0.0600. The molecule has 3 fully saturated rings. The van der Waals surface area contributed by atoms with Crippen LogP contribution in [0.1, 0.15) is 26.7 Å². The highest BCUT2D eigenvalue weighted by Crippen LogP contribution is 2.30. The standard InChI is InChI=1S/C14H23N3O3/c1-14(2)4-3-11(20-14)9-16-8-10-7-15-5-6-17(10)13(19)12(16)18/h10-11,15H,3-9H2,1-2H3. The zero-order valence-corrected chi connectivity index (χ0v) is 12.2. The molecule has 6 heteroatoms. The Labute approximate surface area is 119 Å². The summed E-state index contributed by atoms with van der Waals surface area (Å²) in [6.07, 6.45) is 2.02. The number of fused-ring (bicyclic) bond motifs is 1. The molecule has 112 valence electrons. The molecular weight excluding hydrogens is 258 g/mol. The number of ether oxygens (including phenoxy) is 1. The van der Waals surface area contributed by atoms with Crippen LogP contribution < -0.4 is 5.32 Å². The number of piperazine rings is 2. The minimum Gasteiger partial charge on any atom is -0.371 e. The summed E-state index contributed by atoms with van der Waals surface area (Å²) in [7, 11) is 0. The molecule has 2 amide bonds. The first-order chi connectivity index (χ1) is 9.46. The van der Waals surface area contributed by atoms with E-state index in [1.54, 1.807) is 9.80 Å². The number of rotatable bonds is 2. The van der Waals surface area contributed by atoms with Gasteiger partial charge in [-0.3, -0.25) is 9.59 Å². The summed E-state index contributed by atoms with van der Waals surface area (Å²) in [5.41, 5.74) is -0.105. The predicted octanol–water partition coefficient (Wildman–Crippen LogP) is -0.413. The maximum absolute atomic E-state index is 12.2. The normalized spacial score (nSPS) is 33.5. The van der Waals surface area contributed by atoms with Crippen LogP contribution >= 0.6 is 0 Å². The molecule has 0 aliphatic carbocycles. The molecule has 3 saturated heterocycles. The summed E-state index contributed by atoms with van der Waals surface area (Å²) in [4.78, 5) is 27.7. The highest BCUT2D eigenvalue weighted by atomic mass is 16.5. The second-order valence-corrected chi connectivity index (χ2v) is 6.60. The van der Waals surface area contributed by atoms with Gasteiger partial charge in [0.1, 0.15) is 0 Å². The molecule has 0 aromatic heterocycles. The lowest BCUT2D eigenvalue weighted by atomic mass is 10.0. The third-order valence-electron chi connectivity index (χ3n) is 4.49. The molecule has 0 spiro atoms. The molecule has 0 radical (unpaired) electrons. The number of hydrogen-bond donors (Lipinski definition) is 1. The Morgan fingerprint density at radius 3 is 2.85 bits per heavy atom. The fourth-order valence-corrected chi connectivity index (χ4v) is 3.40. The van der Waals surface area contributed by atoms with Gasteiger partial charge < -0.3 is 19.9 Å². The molecule has 3 aliphatic heterocycles. The number of amides is 2. The van der Waals surface area contributed by atoms with Gasteiger partial charge in [-0.05, 0) is 26.7 Å². The van der Waals surface area contributed by atoms with Gasteiger partial charge in [-0.15, -0.1) is 0 Å². The molecule has 2 unspecified atom stereocenters. The molecule has 3 aliphatic rings. The second-order valence-electron chi connectivity index (χ2n) is 6.60. The van der Waals surface area contributed by atoms with E-state index in [1.807, 2.05) is 0 Å². The van der Waals surface area contributed by atoms with E-state index >= 15 is 0 Å². The molecule has 0 bridgehead atoms. The van der Waals surface area contributed by atoms with E-state index in [-0.39, 0.29) is 29.6 Å². The summed E-state index contributed by atoms with van der Waals surface area (Å²) in [6, 6.07) is 0.114. The number of nitrogens with one attached hydrogen (secondary N) is 1. The maximum atomic E-state index is 12.2. The molecule has 6 nitrogen and oxygen atoms in total. The second kappa shape index (κ2) is 5.00. The molecule has 20 heavy (non-hydrogen) atoms. The van der Waals surface area contributed by atoms with Crippen molar-refractivity contribution >= 4 is 11.8 Å². The van der Waals surface area contributed by atoms with Gasteiger partial charge in [0.2, 0.25) is 0 Å². The van der Waals surface area contributed by atoms with Crippen molar-refractivity contribution in [2.45, 2.75) is 44.4 Å². The third kappa shape index (κ3) is 2.54. The van der Waals surface area contributed by atoms with Crippen LogP contribution in [-0.4, -0.2) is 72.1 Å². The number of hydrogen-bond acceptors (Lipinski definition) is 4. The smallest absolute Gasteiger partial charge is 0.312 e. The first-order valence-electron chi connectivity index (χ1n) is 7.45. The molecule has 3 rings (SSSR count). The fourth-order valence-electron chi connectivity index (χ4n) is 3.40. The van der Waals surface area contributed by atoms with Crippen LogP contribution in [0.4, 0.5) is 0 Å². The van der Waals surface area contributed by atoms with Gasteiger partial charge in [0.15, 0.2) is 0 Å². The molecule has 2 atom stereocenters. The zero-order valence-electron chi connectivity index (χ0n) is 12.2. The highest BCUT2D eigenvalue weighted by molar-refractivity contribution is 6.35. The van der Waals surface area contributed by atoms with E-state index in [4.69, 9.17) is 4.74 Å². The van der Waals surface area contributed by atoms with Crippen LogP contribution in [0.25, 0.3) is 0 Å². The zero-order chi connectivity index (χ0) is 14.3. The van der Waals surface area contributed by atoms with Gasteiger partial charge >= 0.3 is 11.8 Å². The van der Waals surface area contributed by atoms with Gasteiger partial charge in [0, 0.05) is 32.7 Å². The number of carbonyl (C=O) groups excluding carboxylic acids is 2. The van der Waals surface area contributed by atoms with E-state index in [0.29, 0.717) is 19.6 Å². The van der Waals surface area contributed by atoms with Crippen molar-refractivity contribution in [2.24, 2.45) is 0 Å². The summed E-state index contributed by atoms with van der Waals surface area (Å²) in [5.74, 6) is -0.712. The van der Waals surface area contributed by atoms with Crippen molar-refractivity contribution in [3.05, 3.63) is 0 Å². The van der Waals surface area contributed by atoms with Gasteiger partial charge in [-0.25, -0.2) is 0 Å². The summed E-state index contributed by atoms with van der Waals surface area (Å²) >= 11 is 0. The van der Waals surface area contributed by atoms with E-state index in [0.717, 1.165) is 25.9 Å². The number of carbonyl (C=O) groups is 2. The van der Waals surface area contributed by atoms with Gasteiger partial charge in [-0.2, -0.15) is 0 Å². The SMILES string of the molecule is CC1(C)CCC(CN2CC3CNCCN3C(=O)C2=O)O1. The lowest BCUT2D eigenvalue weighted by molar-refractivity contribution is -0.161. The number of nitrogens with zero attached hydrogens (tertiary/aromatic N) is 2. The van der Waals surface area contributed by atoms with Crippen molar-refractivity contribution in [2.75, 3.05) is 32.7 Å². The van der Waals surface area contributed by atoms with E-state index in [2.05, 4.69) is 19.2 Å². The Morgan fingerprint density at radius 1 is 1.35 bits per heavy atom. The minimum atomic E-state index is -0.364. The molecule has 0 aromatic rings. The Hall–Kier alpha value is -1.14. The van der Waals surface area contributed by atoms with Crippen molar-refractivity contribution < 1.29 is 14.3 Å². The third-order valence-corrected chi connectivity index (χ3v) is 4.49. The van der Waals surface area contributed by atoms with Crippen LogP contribution in [-0.2, 0) is 14.3 Å². The lowest BCUT2D eigenvalue weighted by Gasteiger charge is -2.43. The quantitative estimate of drug-likeness (QED) is 0.699. The average molecular weight is 281 g/mol. The lowest BCUT2D eigenvalue weighted by Crippen LogP contribution is -2.66. The molecule has 0 aromatic carbocycles. The van der Waals surface area contributed by atoms with Crippen LogP contribution in [0, 0.1) is 0 Å². The van der Waals surface area contributed by atoms with Crippen LogP contribution in [0.2, 0.25) is 0 Å². The fraction of sp³-hybridized carbons (Fsp3) is 0.857. The summed E-state index contributed by atoms with van der Waals surface area (Å²) < 4.78 is 5.94.